The molecule has 0 bridgehead atoms. The second-order valence-electron chi connectivity index (χ2n) is 7.11. The molecule has 0 unspecified atom stereocenters. The summed E-state index contributed by atoms with van der Waals surface area (Å²) in [5.74, 6) is 1.75. The smallest absolute Gasteiger partial charge is 0.264 e. The maximum Gasteiger partial charge on any atom is 0.264 e. The number of para-hydroxylation sites is 1. The molecule has 0 spiro atoms. The standard InChI is InChI=1S/C23H23N3O/c1-17(2)15-22-24-25-23(27-22)21-16-19-12-6-7-13-20(19)26(21)14-8-11-18-9-4-3-5-10-18/h3-13,16-17H,14-15H2,1-2H3/b11-8+. The molecule has 2 aromatic carbocycles. The fourth-order valence-electron chi connectivity index (χ4n) is 3.23. The summed E-state index contributed by atoms with van der Waals surface area (Å²) >= 11 is 0. The van der Waals surface area contributed by atoms with E-state index in [0.717, 1.165) is 24.2 Å². The Hall–Kier alpha value is -3.14. The van der Waals surface area contributed by atoms with E-state index in [1.54, 1.807) is 0 Å². The van der Waals surface area contributed by atoms with Crippen molar-refractivity contribution in [1.82, 2.24) is 14.8 Å². The van der Waals surface area contributed by atoms with Gasteiger partial charge in [-0.15, -0.1) is 10.2 Å². The lowest BCUT2D eigenvalue weighted by Crippen LogP contribution is -1.98. The van der Waals surface area contributed by atoms with Crippen molar-refractivity contribution in [3.8, 4) is 11.6 Å². The Morgan fingerprint density at radius 1 is 1.00 bits per heavy atom. The van der Waals surface area contributed by atoms with Crippen LogP contribution in [-0.4, -0.2) is 14.8 Å². The molecule has 136 valence electrons. The van der Waals surface area contributed by atoms with Crippen LogP contribution in [0.25, 0.3) is 28.6 Å². The highest BCUT2D eigenvalue weighted by Crippen LogP contribution is 2.28. The predicted octanol–water partition coefficient (Wildman–Crippen LogP) is 5.60. The van der Waals surface area contributed by atoms with Crippen molar-refractivity contribution in [3.05, 3.63) is 78.2 Å². The molecule has 27 heavy (non-hydrogen) atoms. The molecule has 0 amide bonds. The van der Waals surface area contributed by atoms with Gasteiger partial charge in [0.05, 0.1) is 0 Å². The fourth-order valence-corrected chi connectivity index (χ4v) is 3.23. The Bertz CT molecular complexity index is 1060. The summed E-state index contributed by atoms with van der Waals surface area (Å²) in [6.07, 6.45) is 5.09. The second kappa shape index (κ2) is 7.62. The van der Waals surface area contributed by atoms with Crippen LogP contribution >= 0.6 is 0 Å². The van der Waals surface area contributed by atoms with Crippen LogP contribution in [0, 0.1) is 5.92 Å². The summed E-state index contributed by atoms with van der Waals surface area (Å²) in [7, 11) is 0. The first-order chi connectivity index (χ1) is 13.2. The normalized spacial score (nSPS) is 11.8. The van der Waals surface area contributed by atoms with Crippen molar-refractivity contribution in [2.24, 2.45) is 5.92 Å². The summed E-state index contributed by atoms with van der Waals surface area (Å²) in [4.78, 5) is 0. The first-order valence-electron chi connectivity index (χ1n) is 9.33. The summed E-state index contributed by atoms with van der Waals surface area (Å²) < 4.78 is 8.17. The van der Waals surface area contributed by atoms with E-state index < -0.39 is 0 Å². The number of allylic oxidation sites excluding steroid dienone is 1. The van der Waals surface area contributed by atoms with Gasteiger partial charge in [0.1, 0.15) is 5.69 Å². The Labute approximate surface area is 159 Å². The van der Waals surface area contributed by atoms with Gasteiger partial charge in [-0.25, -0.2) is 0 Å². The largest absolute Gasteiger partial charge is 0.419 e. The summed E-state index contributed by atoms with van der Waals surface area (Å²) in [5, 5.41) is 9.69. The third-order valence-electron chi connectivity index (χ3n) is 4.48. The van der Waals surface area contributed by atoms with Crippen molar-refractivity contribution in [1.29, 1.82) is 0 Å². The van der Waals surface area contributed by atoms with Gasteiger partial charge in [0, 0.05) is 23.9 Å². The molecule has 0 aliphatic carbocycles. The molecular weight excluding hydrogens is 334 g/mol. The van der Waals surface area contributed by atoms with Gasteiger partial charge in [0.2, 0.25) is 5.89 Å². The van der Waals surface area contributed by atoms with Gasteiger partial charge in [-0.1, -0.05) is 74.5 Å². The quantitative estimate of drug-likeness (QED) is 0.451. The second-order valence-corrected chi connectivity index (χ2v) is 7.11. The number of fused-ring (bicyclic) bond motifs is 1. The molecule has 0 aliphatic rings. The molecule has 2 heterocycles. The SMILES string of the molecule is CC(C)Cc1nnc(-c2cc3ccccc3n2C/C=C/c2ccccc2)o1. The minimum Gasteiger partial charge on any atom is -0.419 e. The molecule has 0 aliphatic heterocycles. The number of hydrogen-bond donors (Lipinski definition) is 0. The van der Waals surface area contributed by atoms with Gasteiger partial charge >= 0.3 is 0 Å². The Kier molecular flexibility index (Phi) is 4.88. The monoisotopic (exact) mass is 357 g/mol. The van der Waals surface area contributed by atoms with Gasteiger partial charge in [-0.2, -0.15) is 0 Å². The van der Waals surface area contributed by atoms with Crippen LogP contribution < -0.4 is 0 Å². The maximum absolute atomic E-state index is 5.95. The Morgan fingerprint density at radius 2 is 1.78 bits per heavy atom. The minimum absolute atomic E-state index is 0.484. The molecule has 4 heteroatoms. The molecule has 0 atom stereocenters. The lowest BCUT2D eigenvalue weighted by molar-refractivity contribution is 0.464. The number of aromatic nitrogens is 3. The zero-order chi connectivity index (χ0) is 18.6. The molecule has 4 aromatic rings. The highest BCUT2D eigenvalue weighted by atomic mass is 16.4. The molecular formula is C23H23N3O. The van der Waals surface area contributed by atoms with Crippen molar-refractivity contribution in [3.63, 3.8) is 0 Å². The summed E-state index contributed by atoms with van der Waals surface area (Å²) in [6.45, 7) is 5.03. The van der Waals surface area contributed by atoms with Gasteiger partial charge in [0.15, 0.2) is 0 Å². The van der Waals surface area contributed by atoms with E-state index in [4.69, 9.17) is 4.42 Å². The zero-order valence-corrected chi connectivity index (χ0v) is 15.7. The average molecular weight is 357 g/mol. The minimum atomic E-state index is 0.484. The molecule has 4 nitrogen and oxygen atoms in total. The number of hydrogen-bond acceptors (Lipinski definition) is 3. The van der Waals surface area contributed by atoms with Crippen molar-refractivity contribution in [2.75, 3.05) is 0 Å². The number of benzene rings is 2. The van der Waals surface area contributed by atoms with Crippen LogP contribution in [0.4, 0.5) is 0 Å². The molecule has 0 saturated heterocycles. The van der Waals surface area contributed by atoms with Crippen LogP contribution in [0.3, 0.4) is 0 Å². The molecule has 0 saturated carbocycles. The van der Waals surface area contributed by atoms with Gasteiger partial charge in [-0.05, 0) is 23.6 Å². The molecule has 4 rings (SSSR count). The van der Waals surface area contributed by atoms with E-state index in [1.807, 2.05) is 24.3 Å². The van der Waals surface area contributed by atoms with E-state index in [1.165, 1.54) is 10.9 Å². The first-order valence-corrected chi connectivity index (χ1v) is 9.33. The molecule has 2 aromatic heterocycles. The maximum atomic E-state index is 5.95. The van der Waals surface area contributed by atoms with Gasteiger partial charge in [-0.3, -0.25) is 0 Å². The third-order valence-corrected chi connectivity index (χ3v) is 4.48. The predicted molar refractivity (Wildman–Crippen MR) is 109 cm³/mol. The lowest BCUT2D eigenvalue weighted by Gasteiger charge is -2.05. The van der Waals surface area contributed by atoms with Crippen molar-refractivity contribution < 1.29 is 4.42 Å². The Morgan fingerprint density at radius 3 is 2.59 bits per heavy atom. The summed E-state index contributed by atoms with van der Waals surface area (Å²) in [5.41, 5.74) is 3.30. The lowest BCUT2D eigenvalue weighted by atomic mass is 10.1. The highest BCUT2D eigenvalue weighted by molar-refractivity contribution is 5.85. The summed E-state index contributed by atoms with van der Waals surface area (Å²) in [6, 6.07) is 20.8. The van der Waals surface area contributed by atoms with E-state index in [9.17, 15) is 0 Å². The third kappa shape index (κ3) is 3.85. The topological polar surface area (TPSA) is 43.9 Å². The Balaban J connectivity index is 1.69. The number of rotatable bonds is 6. The first kappa shape index (κ1) is 17.3. The average Bonchev–Trinajstić information content (AvgIpc) is 3.27. The highest BCUT2D eigenvalue weighted by Gasteiger charge is 2.16. The molecule has 0 radical (unpaired) electrons. The van der Waals surface area contributed by atoms with E-state index >= 15 is 0 Å². The van der Waals surface area contributed by atoms with E-state index in [2.05, 4.69) is 77.2 Å². The molecule has 0 fully saturated rings. The van der Waals surface area contributed by atoms with Gasteiger partial charge < -0.3 is 8.98 Å². The van der Waals surface area contributed by atoms with Crippen LogP contribution in [0.1, 0.15) is 25.3 Å². The number of nitrogens with zero attached hydrogens (tertiary/aromatic N) is 3. The van der Waals surface area contributed by atoms with Crippen LogP contribution in [0.15, 0.2) is 71.2 Å². The van der Waals surface area contributed by atoms with Crippen molar-refractivity contribution >= 4 is 17.0 Å². The van der Waals surface area contributed by atoms with E-state index in [0.29, 0.717) is 17.7 Å². The molecule has 0 N–H and O–H groups in total. The fraction of sp³-hybridized carbons (Fsp3) is 0.217. The van der Waals surface area contributed by atoms with E-state index in [-0.39, 0.29) is 0 Å². The van der Waals surface area contributed by atoms with Crippen molar-refractivity contribution in [2.45, 2.75) is 26.8 Å². The van der Waals surface area contributed by atoms with Crippen LogP contribution in [0.5, 0.6) is 0 Å². The van der Waals surface area contributed by atoms with Gasteiger partial charge in [0.25, 0.3) is 5.89 Å². The zero-order valence-electron chi connectivity index (χ0n) is 15.7. The van der Waals surface area contributed by atoms with Crippen LogP contribution in [0.2, 0.25) is 0 Å². The van der Waals surface area contributed by atoms with Crippen LogP contribution in [-0.2, 0) is 13.0 Å².